The first kappa shape index (κ1) is 15.0. The zero-order valence-corrected chi connectivity index (χ0v) is 12.8. The number of hydrogen-bond acceptors (Lipinski definition) is 2. The van der Waals surface area contributed by atoms with E-state index in [0.29, 0.717) is 5.56 Å². The van der Waals surface area contributed by atoms with E-state index in [-0.39, 0.29) is 5.91 Å². The Morgan fingerprint density at radius 1 is 0.826 bits per heavy atom. The second-order valence-electron chi connectivity index (χ2n) is 5.33. The number of benzene rings is 2. The average molecular weight is 302 g/mol. The fraction of sp³-hybridized carbons (Fsp3) is 0.100. The van der Waals surface area contributed by atoms with Gasteiger partial charge in [0, 0.05) is 23.6 Å². The van der Waals surface area contributed by atoms with Crippen molar-refractivity contribution in [2.75, 3.05) is 5.32 Å². The predicted molar refractivity (Wildman–Crippen MR) is 92.5 cm³/mol. The van der Waals surface area contributed by atoms with Crippen molar-refractivity contribution in [2.24, 2.45) is 0 Å². The van der Waals surface area contributed by atoms with Crippen LogP contribution in [0.3, 0.4) is 0 Å². The number of para-hydroxylation sites is 1. The molecule has 0 aliphatic heterocycles. The van der Waals surface area contributed by atoms with E-state index in [1.165, 1.54) is 5.56 Å². The van der Waals surface area contributed by atoms with E-state index < -0.39 is 0 Å². The first-order chi connectivity index (χ1) is 11.3. The van der Waals surface area contributed by atoms with Crippen molar-refractivity contribution < 1.29 is 4.79 Å². The van der Waals surface area contributed by atoms with Gasteiger partial charge in [0.05, 0.1) is 0 Å². The maximum atomic E-state index is 12.3. The maximum absolute atomic E-state index is 12.3. The number of nitrogens with one attached hydrogen (secondary N) is 1. The minimum absolute atomic E-state index is 0.0815. The molecule has 0 atom stereocenters. The number of pyridine rings is 1. The Morgan fingerprint density at radius 3 is 2.30 bits per heavy atom. The van der Waals surface area contributed by atoms with Crippen LogP contribution in [0.4, 0.5) is 5.69 Å². The first-order valence-corrected chi connectivity index (χ1v) is 7.66. The highest BCUT2D eigenvalue weighted by atomic mass is 16.1. The topological polar surface area (TPSA) is 42.0 Å². The Bertz CT molecular complexity index is 770. The molecule has 0 aliphatic rings. The lowest BCUT2D eigenvalue weighted by Crippen LogP contribution is -2.13. The highest BCUT2D eigenvalue weighted by Crippen LogP contribution is 2.18. The van der Waals surface area contributed by atoms with Crippen LogP contribution in [0.5, 0.6) is 0 Å². The number of aromatic nitrogens is 1. The molecule has 1 aromatic heterocycles. The number of carbonyl (C=O) groups is 1. The Hall–Kier alpha value is -2.94. The van der Waals surface area contributed by atoms with Gasteiger partial charge in [0.25, 0.3) is 5.91 Å². The summed E-state index contributed by atoms with van der Waals surface area (Å²) >= 11 is 0. The molecule has 3 aromatic rings. The summed E-state index contributed by atoms with van der Waals surface area (Å²) in [5, 5.41) is 3.01. The first-order valence-electron chi connectivity index (χ1n) is 7.66. The fourth-order valence-electron chi connectivity index (χ4n) is 2.47. The van der Waals surface area contributed by atoms with E-state index in [9.17, 15) is 4.79 Å². The van der Waals surface area contributed by atoms with Gasteiger partial charge in [-0.2, -0.15) is 0 Å². The van der Waals surface area contributed by atoms with Crippen LogP contribution in [-0.2, 0) is 12.8 Å². The van der Waals surface area contributed by atoms with E-state index in [2.05, 4.69) is 16.4 Å². The van der Waals surface area contributed by atoms with Crippen molar-refractivity contribution in [2.45, 2.75) is 12.8 Å². The van der Waals surface area contributed by atoms with E-state index in [0.717, 1.165) is 24.1 Å². The summed E-state index contributed by atoms with van der Waals surface area (Å²) < 4.78 is 0. The van der Waals surface area contributed by atoms with Gasteiger partial charge in [-0.1, -0.05) is 36.4 Å². The minimum atomic E-state index is -0.0815. The van der Waals surface area contributed by atoms with E-state index in [1.807, 2.05) is 60.7 Å². The molecule has 0 radical (unpaired) electrons. The van der Waals surface area contributed by atoms with Crippen LogP contribution < -0.4 is 5.32 Å². The third-order valence-corrected chi connectivity index (χ3v) is 3.73. The summed E-state index contributed by atoms with van der Waals surface area (Å²) in [7, 11) is 0. The Labute approximate surface area is 136 Å². The van der Waals surface area contributed by atoms with Gasteiger partial charge in [-0.3, -0.25) is 9.78 Å². The summed E-state index contributed by atoms with van der Waals surface area (Å²) in [6.07, 6.45) is 5.40. The van der Waals surface area contributed by atoms with Crippen molar-refractivity contribution in [1.29, 1.82) is 0 Å². The number of carbonyl (C=O) groups excluding carboxylic acids is 1. The molecular weight excluding hydrogens is 284 g/mol. The smallest absolute Gasteiger partial charge is 0.255 e. The molecule has 1 heterocycles. The highest BCUT2D eigenvalue weighted by Gasteiger charge is 2.08. The fourth-order valence-corrected chi connectivity index (χ4v) is 2.47. The van der Waals surface area contributed by atoms with Crippen molar-refractivity contribution in [3.63, 3.8) is 0 Å². The van der Waals surface area contributed by atoms with Crippen molar-refractivity contribution in [3.05, 3.63) is 95.8 Å². The number of nitrogens with zero attached hydrogens (tertiary/aromatic N) is 1. The number of aryl methyl sites for hydroxylation is 2. The largest absolute Gasteiger partial charge is 0.322 e. The van der Waals surface area contributed by atoms with E-state index in [1.54, 1.807) is 12.4 Å². The lowest BCUT2D eigenvalue weighted by molar-refractivity contribution is 0.102. The normalized spacial score (nSPS) is 10.3. The van der Waals surface area contributed by atoms with Gasteiger partial charge in [0.1, 0.15) is 0 Å². The second kappa shape index (κ2) is 7.36. The summed E-state index contributed by atoms with van der Waals surface area (Å²) in [4.78, 5) is 16.4. The predicted octanol–water partition coefficient (Wildman–Crippen LogP) is 4.12. The zero-order chi connectivity index (χ0) is 15.9. The van der Waals surface area contributed by atoms with Gasteiger partial charge in [0.2, 0.25) is 0 Å². The number of anilines is 1. The molecule has 0 aliphatic carbocycles. The monoisotopic (exact) mass is 302 g/mol. The van der Waals surface area contributed by atoms with Crippen LogP contribution in [-0.4, -0.2) is 10.9 Å². The quantitative estimate of drug-likeness (QED) is 0.770. The van der Waals surface area contributed by atoms with Gasteiger partial charge in [-0.15, -0.1) is 0 Å². The molecule has 3 nitrogen and oxygen atoms in total. The molecule has 114 valence electrons. The van der Waals surface area contributed by atoms with Gasteiger partial charge in [-0.25, -0.2) is 0 Å². The Kier molecular flexibility index (Phi) is 4.79. The van der Waals surface area contributed by atoms with Crippen LogP contribution in [0.15, 0.2) is 79.1 Å². The lowest BCUT2D eigenvalue weighted by atomic mass is 10.0. The van der Waals surface area contributed by atoms with Crippen molar-refractivity contribution >= 4 is 11.6 Å². The third kappa shape index (κ3) is 4.04. The van der Waals surface area contributed by atoms with E-state index in [4.69, 9.17) is 0 Å². The SMILES string of the molecule is O=C(Nc1ccccc1CCc1ccncc1)c1ccccc1. The molecule has 0 bridgehead atoms. The van der Waals surface area contributed by atoms with Gasteiger partial charge in [-0.05, 0) is 54.3 Å². The molecule has 0 fully saturated rings. The highest BCUT2D eigenvalue weighted by molar-refractivity contribution is 6.04. The zero-order valence-electron chi connectivity index (χ0n) is 12.8. The van der Waals surface area contributed by atoms with Gasteiger partial charge in [0.15, 0.2) is 0 Å². The summed E-state index contributed by atoms with van der Waals surface area (Å²) in [5.41, 5.74) is 3.91. The molecule has 1 N–H and O–H groups in total. The van der Waals surface area contributed by atoms with Gasteiger partial charge < -0.3 is 5.32 Å². The summed E-state index contributed by atoms with van der Waals surface area (Å²) in [6, 6.07) is 21.2. The molecule has 2 aromatic carbocycles. The molecule has 0 unspecified atom stereocenters. The Balaban J connectivity index is 1.72. The molecule has 0 saturated carbocycles. The third-order valence-electron chi connectivity index (χ3n) is 3.73. The van der Waals surface area contributed by atoms with E-state index >= 15 is 0 Å². The molecule has 23 heavy (non-hydrogen) atoms. The van der Waals surface area contributed by atoms with Crippen molar-refractivity contribution in [3.8, 4) is 0 Å². The maximum Gasteiger partial charge on any atom is 0.255 e. The number of amides is 1. The molecular formula is C20H18N2O. The van der Waals surface area contributed by atoms with Crippen LogP contribution >= 0.6 is 0 Å². The van der Waals surface area contributed by atoms with Crippen LogP contribution in [0, 0.1) is 0 Å². The molecule has 0 spiro atoms. The number of hydrogen-bond donors (Lipinski definition) is 1. The number of rotatable bonds is 5. The van der Waals surface area contributed by atoms with Crippen LogP contribution in [0.25, 0.3) is 0 Å². The second-order valence-corrected chi connectivity index (χ2v) is 5.33. The van der Waals surface area contributed by atoms with Gasteiger partial charge >= 0.3 is 0 Å². The standard InChI is InChI=1S/C20H18N2O/c23-20(18-7-2-1-3-8-18)22-19-9-5-4-6-17(19)11-10-16-12-14-21-15-13-16/h1-9,12-15H,10-11H2,(H,22,23). The van der Waals surface area contributed by atoms with Crippen LogP contribution in [0.1, 0.15) is 21.5 Å². The average Bonchev–Trinajstić information content (AvgIpc) is 2.62. The molecule has 1 amide bonds. The molecule has 3 rings (SSSR count). The van der Waals surface area contributed by atoms with Crippen molar-refractivity contribution in [1.82, 2.24) is 4.98 Å². The van der Waals surface area contributed by atoms with Crippen LogP contribution in [0.2, 0.25) is 0 Å². The molecule has 0 saturated heterocycles. The molecule has 3 heteroatoms. The Morgan fingerprint density at radius 2 is 1.52 bits per heavy atom. The minimum Gasteiger partial charge on any atom is -0.322 e. The lowest BCUT2D eigenvalue weighted by Gasteiger charge is -2.11. The summed E-state index contributed by atoms with van der Waals surface area (Å²) in [5.74, 6) is -0.0815. The summed E-state index contributed by atoms with van der Waals surface area (Å²) in [6.45, 7) is 0.